The van der Waals surface area contributed by atoms with E-state index in [-0.39, 0.29) is 40.1 Å². The minimum absolute atomic E-state index is 0. The molecule has 0 aliphatic carbocycles. The number of nitrogens with zero attached hydrogens (tertiary/aromatic N) is 1. The summed E-state index contributed by atoms with van der Waals surface area (Å²) in [5, 5.41) is 2.33. The number of hydrogen-bond acceptors (Lipinski definition) is 2. The molecule has 0 bridgehead atoms. The van der Waals surface area contributed by atoms with Crippen molar-refractivity contribution in [1.82, 2.24) is 5.32 Å². The molecular formula is C13H26N2OY-2. The Morgan fingerprint density at radius 1 is 1.24 bits per heavy atom. The molecule has 0 aromatic carbocycles. The zero-order chi connectivity index (χ0) is 12.7. The van der Waals surface area contributed by atoms with Crippen molar-refractivity contribution in [1.29, 1.82) is 0 Å². The number of allylic oxidation sites excluding steroid dienone is 2. The largest absolute Gasteiger partial charge is 0.492 e. The quantitative estimate of drug-likeness (QED) is 0.480. The van der Waals surface area contributed by atoms with Crippen molar-refractivity contribution in [2.75, 3.05) is 0 Å². The molecule has 3 nitrogen and oxygen atoms in total. The van der Waals surface area contributed by atoms with E-state index in [0.717, 1.165) is 5.57 Å². The molecule has 1 N–H and O–H groups in total. The van der Waals surface area contributed by atoms with Crippen LogP contribution in [0.1, 0.15) is 41.5 Å². The van der Waals surface area contributed by atoms with Gasteiger partial charge in [-0.25, -0.2) is 0 Å². The standard InChI is InChI=1S/C8H11N2O.2C2H6.CH3.Y/c1-7(2)4-9-5-8(3)10-6-11;2*1-2;;/h4-5H,1H2,2-3H3,(H,10,11);2*1-2H3;1H3;/q-1;;;-1;/b8-5+,9-4?;;;;. The van der Waals surface area contributed by atoms with Crippen LogP contribution in [0.25, 0.3) is 0 Å². The molecule has 99 valence electrons. The Morgan fingerprint density at radius 2 is 1.65 bits per heavy atom. The van der Waals surface area contributed by atoms with Gasteiger partial charge in [-0.2, -0.15) is 0 Å². The van der Waals surface area contributed by atoms with E-state index in [1.165, 1.54) is 6.20 Å². The van der Waals surface area contributed by atoms with Gasteiger partial charge in [-0.3, -0.25) is 4.99 Å². The van der Waals surface area contributed by atoms with Gasteiger partial charge in [-0.05, 0) is 18.7 Å². The van der Waals surface area contributed by atoms with Crippen LogP contribution in [-0.2, 0) is 37.5 Å². The van der Waals surface area contributed by atoms with Gasteiger partial charge >= 0.3 is 0 Å². The summed E-state index contributed by atoms with van der Waals surface area (Å²) in [6.07, 6.45) is 4.68. The zero-order valence-electron chi connectivity index (χ0n) is 12.3. The molecule has 1 radical (unpaired) electrons. The fraction of sp³-hybridized carbons (Fsp3) is 0.462. The van der Waals surface area contributed by atoms with Gasteiger partial charge in [0, 0.05) is 38.9 Å². The summed E-state index contributed by atoms with van der Waals surface area (Å²) >= 11 is 0. The summed E-state index contributed by atoms with van der Waals surface area (Å²) in [5.74, 6) is 0. The van der Waals surface area contributed by atoms with Crippen LogP contribution in [0.3, 0.4) is 0 Å². The maximum atomic E-state index is 9.77. The first-order valence-corrected chi connectivity index (χ1v) is 5.15. The van der Waals surface area contributed by atoms with Gasteiger partial charge < -0.3 is 17.5 Å². The Hall–Kier alpha value is -0.276. The molecule has 4 heteroatoms. The molecule has 0 fully saturated rings. The monoisotopic (exact) mass is 315 g/mol. The minimum atomic E-state index is 0. The van der Waals surface area contributed by atoms with E-state index in [9.17, 15) is 4.79 Å². The van der Waals surface area contributed by atoms with Crippen LogP contribution in [0, 0.1) is 7.43 Å². The second-order valence-electron chi connectivity index (χ2n) is 2.16. The van der Waals surface area contributed by atoms with Gasteiger partial charge in [0.05, 0.1) is 6.41 Å². The van der Waals surface area contributed by atoms with Crippen LogP contribution in [0.4, 0.5) is 0 Å². The van der Waals surface area contributed by atoms with Crippen LogP contribution in [0.15, 0.2) is 29.0 Å². The molecule has 0 aromatic rings. The van der Waals surface area contributed by atoms with Crippen LogP contribution >= 0.6 is 0 Å². The molecule has 0 heterocycles. The van der Waals surface area contributed by atoms with Crippen LogP contribution in [-0.4, -0.2) is 12.6 Å². The molecule has 0 saturated heterocycles. The number of aliphatic imine (C=N–C) groups is 1. The van der Waals surface area contributed by atoms with Gasteiger partial charge in [-0.1, -0.05) is 41.2 Å². The molecule has 0 aromatic heterocycles. The van der Waals surface area contributed by atoms with E-state index in [1.807, 2.05) is 34.6 Å². The Bertz CT molecular complexity index is 211. The predicted molar refractivity (Wildman–Crippen MR) is 75.0 cm³/mol. The molecular weight excluding hydrogens is 289 g/mol. The van der Waals surface area contributed by atoms with Gasteiger partial charge in [0.1, 0.15) is 0 Å². The number of nitrogens with one attached hydrogen (secondary N) is 1. The summed E-state index contributed by atoms with van der Waals surface area (Å²) in [6, 6.07) is 0. The number of rotatable bonds is 4. The molecule has 1 amide bonds. The second-order valence-corrected chi connectivity index (χ2v) is 2.16. The number of hydrogen-bond donors (Lipinski definition) is 1. The van der Waals surface area contributed by atoms with Crippen molar-refractivity contribution >= 4 is 12.6 Å². The SMILES string of the molecule is C=C(C)C=N/C=C(\C)N[C-]=O.CC.CC.[CH3-].[Y]. The van der Waals surface area contributed by atoms with Crippen molar-refractivity contribution in [3.63, 3.8) is 0 Å². The maximum absolute atomic E-state index is 9.77. The van der Waals surface area contributed by atoms with Gasteiger partial charge in [0.2, 0.25) is 0 Å². The zero-order valence-corrected chi connectivity index (χ0v) is 15.1. The van der Waals surface area contributed by atoms with Gasteiger partial charge in [0.25, 0.3) is 0 Å². The average Bonchev–Trinajstić information content (AvgIpc) is 2.23. The summed E-state index contributed by atoms with van der Waals surface area (Å²) < 4.78 is 0. The topological polar surface area (TPSA) is 41.5 Å². The van der Waals surface area contributed by atoms with E-state index in [1.54, 1.807) is 19.5 Å². The molecule has 0 rings (SSSR count). The van der Waals surface area contributed by atoms with E-state index >= 15 is 0 Å². The molecule has 0 atom stereocenters. The predicted octanol–water partition coefficient (Wildman–Crippen LogP) is 3.65. The van der Waals surface area contributed by atoms with Crippen molar-refractivity contribution in [2.45, 2.75) is 41.5 Å². The summed E-state index contributed by atoms with van der Waals surface area (Å²) in [6.45, 7) is 15.2. The summed E-state index contributed by atoms with van der Waals surface area (Å²) in [4.78, 5) is 13.6. The minimum Gasteiger partial charge on any atom is -0.492 e. The maximum Gasteiger partial charge on any atom is 0.0690 e. The summed E-state index contributed by atoms with van der Waals surface area (Å²) in [5.41, 5.74) is 1.52. The first-order chi connectivity index (χ1) is 7.16. The third-order valence-electron chi connectivity index (χ3n) is 0.811. The molecule has 17 heavy (non-hydrogen) atoms. The smallest absolute Gasteiger partial charge is 0.0690 e. The Balaban J connectivity index is -0.0000000720. The molecule has 0 spiro atoms. The van der Waals surface area contributed by atoms with Crippen LogP contribution in [0.5, 0.6) is 0 Å². The molecule has 0 aliphatic heterocycles. The number of carbonyl (C=O) groups excluding carboxylic acids is 1. The molecule has 0 saturated carbocycles. The van der Waals surface area contributed by atoms with E-state index in [2.05, 4.69) is 16.9 Å². The van der Waals surface area contributed by atoms with E-state index in [0.29, 0.717) is 5.70 Å². The first-order valence-electron chi connectivity index (χ1n) is 5.15. The first kappa shape index (κ1) is 30.1. The van der Waals surface area contributed by atoms with Crippen LogP contribution in [0.2, 0.25) is 0 Å². The van der Waals surface area contributed by atoms with Gasteiger partial charge in [0.15, 0.2) is 0 Å². The van der Waals surface area contributed by atoms with Crippen molar-refractivity contribution in [2.24, 2.45) is 4.99 Å². The number of amides is 1. The summed E-state index contributed by atoms with van der Waals surface area (Å²) in [7, 11) is 0. The Morgan fingerprint density at radius 3 is 1.94 bits per heavy atom. The van der Waals surface area contributed by atoms with E-state index in [4.69, 9.17) is 0 Å². The Kier molecular flexibility index (Phi) is 52.5. The third-order valence-corrected chi connectivity index (χ3v) is 0.811. The average molecular weight is 315 g/mol. The van der Waals surface area contributed by atoms with Crippen molar-refractivity contribution < 1.29 is 37.5 Å². The third kappa shape index (κ3) is 38.9. The second kappa shape index (κ2) is 29.6. The molecule has 0 unspecified atom stereocenters. The normalized spacial score (nSPS) is 8.24. The van der Waals surface area contributed by atoms with Crippen LogP contribution < -0.4 is 5.32 Å². The fourth-order valence-electron chi connectivity index (χ4n) is 0.389. The fourth-order valence-corrected chi connectivity index (χ4v) is 0.389. The van der Waals surface area contributed by atoms with Crippen molar-refractivity contribution in [3.05, 3.63) is 31.5 Å². The van der Waals surface area contributed by atoms with Gasteiger partial charge in [-0.15, -0.1) is 5.70 Å². The molecule has 0 aliphatic rings. The van der Waals surface area contributed by atoms with E-state index < -0.39 is 0 Å². The Labute approximate surface area is 133 Å². The van der Waals surface area contributed by atoms with Crippen molar-refractivity contribution in [3.8, 4) is 0 Å².